The first-order chi connectivity index (χ1) is 8.24. The van der Waals surface area contributed by atoms with Crippen molar-refractivity contribution in [2.24, 2.45) is 0 Å². The van der Waals surface area contributed by atoms with Crippen LogP contribution < -0.4 is 0 Å². The Balaban J connectivity index is 2.14. The molecule has 1 aromatic rings. The van der Waals surface area contributed by atoms with Crippen molar-refractivity contribution < 1.29 is 24.8 Å². The Kier molecular flexibility index (Phi) is 2.11. The van der Waals surface area contributed by atoms with Crippen molar-refractivity contribution in [3.05, 3.63) is 27.7 Å². The van der Waals surface area contributed by atoms with Crippen LogP contribution in [-0.2, 0) is 14.9 Å². The number of thiophene rings is 1. The summed E-state index contributed by atoms with van der Waals surface area (Å²) >= 11 is 4.10. The van der Waals surface area contributed by atoms with Gasteiger partial charge in [0.25, 0.3) is 6.20 Å². The molecule has 2 bridgehead atoms. The van der Waals surface area contributed by atoms with Gasteiger partial charge in [0.2, 0.25) is 5.70 Å². The summed E-state index contributed by atoms with van der Waals surface area (Å²) in [5.41, 5.74) is 0.213. The summed E-state index contributed by atoms with van der Waals surface area (Å²) in [6.07, 6.45) is -1.93. The standard InChI is InChI=1S/C8H8BrN2O4S2/c1-5-7(9)8-10(11(5,12)15-8)17(13,14)6-3-2-4-16-6/h2-4,8,12H,1H3/q+1/i8T. The van der Waals surface area contributed by atoms with Gasteiger partial charge in [0.05, 0.1) is 10.7 Å². The lowest BCUT2D eigenvalue weighted by Crippen LogP contribution is -2.69. The van der Waals surface area contributed by atoms with Crippen LogP contribution in [-0.4, -0.2) is 29.2 Å². The quantitative estimate of drug-likeness (QED) is 0.832. The van der Waals surface area contributed by atoms with E-state index in [0.29, 0.717) is 4.41 Å². The third-order valence-corrected chi connectivity index (χ3v) is 6.54. The topological polar surface area (TPSA) is 66.8 Å². The highest BCUT2D eigenvalue weighted by atomic mass is 79.9. The normalized spacial score (nSPS) is 38.2. The van der Waals surface area contributed by atoms with Crippen molar-refractivity contribution in [1.29, 1.82) is 0 Å². The number of rotatable bonds is 2. The summed E-state index contributed by atoms with van der Waals surface area (Å²) in [7, 11) is -3.99. The molecular formula is C8H8BrN2O4S2+. The van der Waals surface area contributed by atoms with Crippen molar-refractivity contribution in [2.45, 2.75) is 17.3 Å². The van der Waals surface area contributed by atoms with Gasteiger partial charge in [-0.1, -0.05) is 6.07 Å². The minimum absolute atomic E-state index is 0.0500. The van der Waals surface area contributed by atoms with Crippen molar-refractivity contribution in [2.75, 3.05) is 0 Å². The molecule has 0 aliphatic carbocycles. The van der Waals surface area contributed by atoms with Crippen molar-refractivity contribution >= 4 is 37.3 Å². The van der Waals surface area contributed by atoms with Crippen LogP contribution >= 0.6 is 27.3 Å². The van der Waals surface area contributed by atoms with Gasteiger partial charge in [0, 0.05) is 6.92 Å². The van der Waals surface area contributed by atoms with E-state index in [1.54, 1.807) is 11.4 Å². The zero-order chi connectivity index (χ0) is 13.3. The van der Waals surface area contributed by atoms with Gasteiger partial charge in [-0.2, -0.15) is 5.21 Å². The minimum atomic E-state index is -3.99. The highest BCUT2D eigenvalue weighted by molar-refractivity contribution is 9.11. The zero-order valence-electron chi connectivity index (χ0n) is 9.49. The smallest absolute Gasteiger partial charge is 0.201 e. The largest absolute Gasteiger partial charge is 0.303 e. The number of sulfonamides is 1. The predicted octanol–water partition coefficient (Wildman–Crippen LogP) is 1.77. The van der Waals surface area contributed by atoms with Gasteiger partial charge < -0.3 is 0 Å². The first-order valence-electron chi connectivity index (χ1n) is 5.04. The Hall–Kier alpha value is -0.290. The number of nitrogens with zero attached hydrogens (tertiary/aromatic N) is 2. The highest BCUT2D eigenvalue weighted by Crippen LogP contribution is 2.51. The zero-order valence-corrected chi connectivity index (χ0v) is 11.7. The van der Waals surface area contributed by atoms with Gasteiger partial charge in [0.1, 0.15) is 8.69 Å². The third kappa shape index (κ3) is 1.30. The molecule has 1 aromatic heterocycles. The van der Waals surface area contributed by atoms with E-state index in [4.69, 9.17) is 6.21 Å². The molecule has 0 spiro atoms. The van der Waals surface area contributed by atoms with Crippen LogP contribution in [0.5, 0.6) is 0 Å². The second-order valence-electron chi connectivity index (χ2n) is 3.52. The fourth-order valence-corrected chi connectivity index (χ4v) is 4.76. The molecule has 1 fully saturated rings. The van der Waals surface area contributed by atoms with Crippen molar-refractivity contribution in [3.8, 4) is 0 Å². The Labute approximate surface area is 111 Å². The first kappa shape index (κ1) is 10.6. The maximum absolute atomic E-state index is 12.4. The lowest BCUT2D eigenvalue weighted by molar-refractivity contribution is -1.33. The number of hydroxylamine groups is 2. The summed E-state index contributed by atoms with van der Waals surface area (Å²) in [6.45, 7) is 1.49. The summed E-state index contributed by atoms with van der Waals surface area (Å²) in [5.74, 6) is 0. The predicted molar refractivity (Wildman–Crippen MR) is 61.9 cm³/mol. The molecule has 0 radical (unpaired) electrons. The first-order valence-corrected chi connectivity index (χ1v) is 7.65. The average molecular weight is 342 g/mol. The lowest BCUT2D eigenvalue weighted by Gasteiger charge is -2.39. The molecule has 9 heteroatoms. The summed E-state index contributed by atoms with van der Waals surface area (Å²) in [4.78, 5) is 3.61. The maximum Gasteiger partial charge on any atom is 0.303 e. The minimum Gasteiger partial charge on any atom is -0.201 e. The number of hydrogen-bond acceptors (Lipinski definition) is 5. The molecule has 0 saturated carbocycles. The van der Waals surface area contributed by atoms with Gasteiger partial charge in [-0.25, -0.2) is 8.42 Å². The van der Waals surface area contributed by atoms with Crippen LogP contribution in [0.25, 0.3) is 0 Å². The van der Waals surface area contributed by atoms with Crippen LogP contribution in [0.15, 0.2) is 31.9 Å². The molecular weight excluding hydrogens is 332 g/mol. The molecule has 0 amide bonds. The number of quaternary nitrogens is 1. The van der Waals surface area contributed by atoms with Gasteiger partial charge in [-0.05, 0) is 27.4 Å². The Bertz CT molecular complexity index is 637. The second kappa shape index (κ2) is 3.38. The summed E-state index contributed by atoms with van der Waals surface area (Å²) in [6, 6.07) is 3.00. The third-order valence-electron chi connectivity index (χ3n) is 2.55. The molecule has 3 aliphatic heterocycles. The van der Waals surface area contributed by atoms with E-state index in [9.17, 15) is 13.6 Å². The van der Waals surface area contributed by atoms with Crippen molar-refractivity contribution in [3.63, 3.8) is 0 Å². The molecule has 4 rings (SSSR count). The van der Waals surface area contributed by atoms with Gasteiger partial charge in [0.15, 0.2) is 0 Å². The SMILES string of the molecule is [3H]C12O[N+](O)(C(C)=C1Br)N2S(=O)(=O)c1cccs1. The number of halogens is 1. The van der Waals surface area contributed by atoms with Crippen molar-refractivity contribution in [1.82, 2.24) is 4.41 Å². The Morgan fingerprint density at radius 2 is 2.47 bits per heavy atom. The van der Waals surface area contributed by atoms with Crippen LogP contribution in [0.2, 0.25) is 0 Å². The van der Waals surface area contributed by atoms with Crippen LogP contribution in [0, 0.1) is 0 Å². The fraction of sp³-hybridized carbons (Fsp3) is 0.250. The number of hydrogen-bond donors (Lipinski definition) is 1. The van der Waals surface area contributed by atoms with E-state index in [1.807, 2.05) is 0 Å². The van der Waals surface area contributed by atoms with E-state index < -0.39 is 21.1 Å². The Morgan fingerprint density at radius 1 is 1.76 bits per heavy atom. The molecule has 2 atom stereocenters. The van der Waals surface area contributed by atoms with E-state index in [1.165, 1.54) is 13.0 Å². The highest BCUT2D eigenvalue weighted by Gasteiger charge is 2.73. The molecule has 17 heavy (non-hydrogen) atoms. The molecule has 1 saturated heterocycles. The summed E-state index contributed by atoms with van der Waals surface area (Å²) in [5, 5.41) is 11.7. The second-order valence-corrected chi connectivity index (χ2v) is 7.25. The maximum atomic E-state index is 12.4. The van der Waals surface area contributed by atoms with Crippen LogP contribution in [0.3, 0.4) is 0 Å². The van der Waals surface area contributed by atoms with E-state index >= 15 is 0 Å². The molecule has 2 unspecified atom stereocenters. The number of allylic oxidation sites excluding steroid dienone is 1. The van der Waals surface area contributed by atoms with E-state index in [2.05, 4.69) is 15.9 Å². The lowest BCUT2D eigenvalue weighted by atomic mass is 10.5. The summed E-state index contributed by atoms with van der Waals surface area (Å²) < 4.78 is 33.5. The van der Waals surface area contributed by atoms with E-state index in [-0.39, 0.29) is 14.4 Å². The monoisotopic (exact) mass is 341 g/mol. The molecule has 4 heterocycles. The average Bonchev–Trinajstić information content (AvgIpc) is 2.86. The van der Waals surface area contributed by atoms with Gasteiger partial charge in [-0.15, -0.1) is 16.2 Å². The molecule has 92 valence electrons. The fourth-order valence-electron chi connectivity index (χ4n) is 1.64. The van der Waals surface area contributed by atoms with Crippen LogP contribution in [0.1, 0.15) is 8.29 Å². The van der Waals surface area contributed by atoms with E-state index in [0.717, 1.165) is 11.3 Å². The molecule has 6 nitrogen and oxygen atoms in total. The molecule has 1 N–H and O–H groups in total. The molecule has 3 aliphatic rings. The van der Waals surface area contributed by atoms with Gasteiger partial charge >= 0.3 is 10.0 Å². The Morgan fingerprint density at radius 3 is 2.88 bits per heavy atom. The molecule has 0 aromatic carbocycles. The van der Waals surface area contributed by atoms with Gasteiger partial charge in [-0.3, -0.25) is 0 Å². The van der Waals surface area contributed by atoms with Crippen LogP contribution in [0.4, 0.5) is 0 Å².